The highest BCUT2D eigenvalue weighted by atomic mass is 15.3. The third-order valence-electron chi connectivity index (χ3n) is 4.45. The van der Waals surface area contributed by atoms with E-state index in [2.05, 4.69) is 59.9 Å². The topological polar surface area (TPSA) is 35.1 Å². The number of pyridine rings is 1. The molecule has 4 nitrogen and oxygen atoms in total. The molecule has 0 bridgehead atoms. The maximum Gasteiger partial charge on any atom is 0.182 e. The number of rotatable bonds is 2. The van der Waals surface area contributed by atoms with Gasteiger partial charge in [-0.05, 0) is 48.7 Å². The van der Waals surface area contributed by atoms with Crippen LogP contribution in [0.3, 0.4) is 0 Å². The number of aryl methyl sites for hydroxylation is 2. The molecule has 0 spiro atoms. The number of benzene rings is 1. The van der Waals surface area contributed by atoms with Crippen molar-refractivity contribution in [3.05, 3.63) is 53.9 Å². The standard InChI is InChI=1S/C19H20N4/c1-12(2)16-11-22(4)17-9-8-14(10-15(16)17)19-20-18-7-5-6-13(3)23(18)21-19/h5-12H,1-4H3. The van der Waals surface area contributed by atoms with Gasteiger partial charge in [0.05, 0.1) is 0 Å². The van der Waals surface area contributed by atoms with E-state index in [1.807, 2.05) is 29.6 Å². The average molecular weight is 304 g/mol. The summed E-state index contributed by atoms with van der Waals surface area (Å²) in [4.78, 5) is 4.68. The SMILES string of the molecule is Cc1cccc2nc(-c3ccc4c(c3)c(C(C)C)cn4C)nn12. The molecular weight excluding hydrogens is 284 g/mol. The van der Waals surface area contributed by atoms with E-state index >= 15 is 0 Å². The first kappa shape index (κ1) is 14.0. The molecule has 4 heteroatoms. The summed E-state index contributed by atoms with van der Waals surface area (Å²) in [7, 11) is 2.10. The molecule has 4 aromatic rings. The van der Waals surface area contributed by atoms with Crippen molar-refractivity contribution in [3.63, 3.8) is 0 Å². The molecule has 0 aliphatic rings. The molecular formula is C19H20N4. The molecule has 0 radical (unpaired) electrons. The van der Waals surface area contributed by atoms with Crippen LogP contribution in [0.15, 0.2) is 42.6 Å². The van der Waals surface area contributed by atoms with Crippen LogP contribution in [-0.4, -0.2) is 19.2 Å². The zero-order chi connectivity index (χ0) is 16.1. The minimum atomic E-state index is 0.491. The quantitative estimate of drug-likeness (QED) is 0.553. The molecule has 0 saturated heterocycles. The summed E-state index contributed by atoms with van der Waals surface area (Å²) >= 11 is 0. The van der Waals surface area contributed by atoms with Gasteiger partial charge in [-0.2, -0.15) is 0 Å². The molecule has 0 unspecified atom stereocenters. The predicted octanol–water partition coefficient (Wildman–Crippen LogP) is 4.32. The Bertz CT molecular complexity index is 1020. The van der Waals surface area contributed by atoms with Crippen molar-refractivity contribution in [1.82, 2.24) is 19.2 Å². The smallest absolute Gasteiger partial charge is 0.182 e. The highest BCUT2D eigenvalue weighted by Gasteiger charge is 2.13. The van der Waals surface area contributed by atoms with Gasteiger partial charge in [-0.25, -0.2) is 9.50 Å². The minimum absolute atomic E-state index is 0.491. The third-order valence-corrected chi connectivity index (χ3v) is 4.45. The summed E-state index contributed by atoms with van der Waals surface area (Å²) in [5.74, 6) is 1.27. The van der Waals surface area contributed by atoms with E-state index in [-0.39, 0.29) is 0 Å². The van der Waals surface area contributed by atoms with E-state index in [0.717, 1.165) is 22.7 Å². The van der Waals surface area contributed by atoms with Gasteiger partial charge >= 0.3 is 0 Å². The van der Waals surface area contributed by atoms with E-state index in [4.69, 9.17) is 0 Å². The summed E-state index contributed by atoms with van der Waals surface area (Å²) in [5, 5.41) is 5.96. The highest BCUT2D eigenvalue weighted by molar-refractivity contribution is 5.88. The fourth-order valence-corrected chi connectivity index (χ4v) is 3.18. The van der Waals surface area contributed by atoms with E-state index in [0.29, 0.717) is 5.92 Å². The molecule has 0 fully saturated rings. The number of nitrogens with zero attached hydrogens (tertiary/aromatic N) is 4. The second-order valence-electron chi connectivity index (χ2n) is 6.45. The first-order chi connectivity index (χ1) is 11.0. The Hall–Kier alpha value is -2.62. The Balaban J connectivity index is 1.94. The molecule has 3 heterocycles. The molecule has 3 aromatic heterocycles. The van der Waals surface area contributed by atoms with Gasteiger partial charge in [0.1, 0.15) is 0 Å². The zero-order valence-electron chi connectivity index (χ0n) is 13.9. The van der Waals surface area contributed by atoms with Gasteiger partial charge in [-0.3, -0.25) is 0 Å². The van der Waals surface area contributed by atoms with Crippen LogP contribution >= 0.6 is 0 Å². The fourth-order valence-electron chi connectivity index (χ4n) is 3.18. The third kappa shape index (κ3) is 2.13. The number of fused-ring (bicyclic) bond motifs is 2. The second-order valence-corrected chi connectivity index (χ2v) is 6.45. The molecule has 0 saturated carbocycles. The van der Waals surface area contributed by atoms with Crippen molar-refractivity contribution in [1.29, 1.82) is 0 Å². The second kappa shape index (κ2) is 4.95. The monoisotopic (exact) mass is 304 g/mol. The van der Waals surface area contributed by atoms with Crippen molar-refractivity contribution in [2.75, 3.05) is 0 Å². The van der Waals surface area contributed by atoms with Gasteiger partial charge in [0, 0.05) is 35.4 Å². The molecule has 116 valence electrons. The van der Waals surface area contributed by atoms with Crippen LogP contribution in [0.25, 0.3) is 27.9 Å². The number of hydrogen-bond donors (Lipinski definition) is 0. The Kier molecular flexibility index (Phi) is 3.01. The Morgan fingerprint density at radius 2 is 1.91 bits per heavy atom. The van der Waals surface area contributed by atoms with Gasteiger partial charge in [0.2, 0.25) is 0 Å². The minimum Gasteiger partial charge on any atom is -0.350 e. The van der Waals surface area contributed by atoms with Gasteiger partial charge in [0.15, 0.2) is 11.5 Å². The van der Waals surface area contributed by atoms with Crippen molar-refractivity contribution in [3.8, 4) is 11.4 Å². The molecule has 23 heavy (non-hydrogen) atoms. The van der Waals surface area contributed by atoms with Crippen molar-refractivity contribution >= 4 is 16.6 Å². The van der Waals surface area contributed by atoms with Gasteiger partial charge < -0.3 is 4.57 Å². The lowest BCUT2D eigenvalue weighted by atomic mass is 10.0. The molecule has 4 rings (SSSR count). The summed E-state index contributed by atoms with van der Waals surface area (Å²) in [6.45, 7) is 6.50. The first-order valence-corrected chi connectivity index (χ1v) is 7.96. The van der Waals surface area contributed by atoms with E-state index in [1.165, 1.54) is 16.5 Å². The number of aromatic nitrogens is 4. The normalized spacial score (nSPS) is 11.9. The van der Waals surface area contributed by atoms with E-state index in [9.17, 15) is 0 Å². The largest absolute Gasteiger partial charge is 0.350 e. The van der Waals surface area contributed by atoms with Crippen LogP contribution in [0.5, 0.6) is 0 Å². The summed E-state index contributed by atoms with van der Waals surface area (Å²) < 4.78 is 4.09. The van der Waals surface area contributed by atoms with Crippen LogP contribution in [0.1, 0.15) is 31.0 Å². The molecule has 1 aromatic carbocycles. The summed E-state index contributed by atoms with van der Waals surface area (Å²) in [6, 6.07) is 12.5. The molecule has 0 atom stereocenters. The zero-order valence-corrected chi connectivity index (χ0v) is 13.9. The molecule has 0 aliphatic heterocycles. The lowest BCUT2D eigenvalue weighted by molar-refractivity contribution is 0.857. The maximum atomic E-state index is 4.68. The average Bonchev–Trinajstić information content (AvgIpc) is 3.10. The number of hydrogen-bond acceptors (Lipinski definition) is 2. The van der Waals surface area contributed by atoms with E-state index < -0.39 is 0 Å². The van der Waals surface area contributed by atoms with Gasteiger partial charge in [-0.1, -0.05) is 19.9 Å². The lowest BCUT2D eigenvalue weighted by Crippen LogP contribution is -1.92. The van der Waals surface area contributed by atoms with Crippen LogP contribution in [-0.2, 0) is 7.05 Å². The van der Waals surface area contributed by atoms with Crippen molar-refractivity contribution < 1.29 is 0 Å². The summed E-state index contributed by atoms with van der Waals surface area (Å²) in [6.07, 6.45) is 2.22. The maximum absolute atomic E-state index is 4.68. The van der Waals surface area contributed by atoms with E-state index in [1.54, 1.807) is 0 Å². The fraction of sp³-hybridized carbons (Fsp3) is 0.263. The lowest BCUT2D eigenvalue weighted by Gasteiger charge is -2.03. The highest BCUT2D eigenvalue weighted by Crippen LogP contribution is 2.30. The Morgan fingerprint density at radius 3 is 2.65 bits per heavy atom. The Morgan fingerprint density at radius 1 is 1.09 bits per heavy atom. The predicted molar refractivity (Wildman–Crippen MR) is 93.7 cm³/mol. The van der Waals surface area contributed by atoms with Crippen molar-refractivity contribution in [2.45, 2.75) is 26.7 Å². The molecule has 0 amide bonds. The van der Waals surface area contributed by atoms with Crippen LogP contribution in [0, 0.1) is 6.92 Å². The Labute approximate surface area is 135 Å². The molecule has 0 aliphatic carbocycles. The van der Waals surface area contributed by atoms with Gasteiger partial charge in [-0.15, -0.1) is 5.10 Å². The van der Waals surface area contributed by atoms with Crippen LogP contribution < -0.4 is 0 Å². The first-order valence-electron chi connectivity index (χ1n) is 7.96. The molecule has 0 N–H and O–H groups in total. The van der Waals surface area contributed by atoms with Crippen molar-refractivity contribution in [2.24, 2.45) is 7.05 Å². The van der Waals surface area contributed by atoms with Crippen LogP contribution in [0.2, 0.25) is 0 Å². The van der Waals surface area contributed by atoms with Gasteiger partial charge in [0.25, 0.3) is 0 Å². The van der Waals surface area contributed by atoms with Crippen LogP contribution in [0.4, 0.5) is 0 Å². The summed E-state index contributed by atoms with van der Waals surface area (Å²) in [5.41, 5.74) is 5.65.